The van der Waals surface area contributed by atoms with Gasteiger partial charge in [0.1, 0.15) is 0 Å². The number of likely N-dealkylation sites (N-methyl/N-ethyl adjacent to an activating group) is 1. The van der Waals surface area contributed by atoms with Crippen LogP contribution in [0.15, 0.2) is 46.7 Å². The summed E-state index contributed by atoms with van der Waals surface area (Å²) in [6, 6.07) is 10.8. The van der Waals surface area contributed by atoms with Crippen molar-refractivity contribution in [2.45, 2.75) is 37.6 Å². The fourth-order valence-electron chi connectivity index (χ4n) is 3.89. The van der Waals surface area contributed by atoms with Gasteiger partial charge in [0.15, 0.2) is 5.78 Å². The largest absolute Gasteiger partial charge is 0.308 e. The number of carbonyl (C=O) groups excluding carboxylic acids is 1. The van der Waals surface area contributed by atoms with Crippen molar-refractivity contribution in [3.8, 4) is 0 Å². The second-order valence-electron chi connectivity index (χ2n) is 7.45. The SMILES string of the molecule is CCN(CC)C(CNCC(=O)c1cccc(S(=O)(=O)N2CCCC2)c1)c1cccs1. The molecule has 164 valence electrons. The summed E-state index contributed by atoms with van der Waals surface area (Å²) in [5.41, 5.74) is 0.429. The minimum Gasteiger partial charge on any atom is -0.308 e. The van der Waals surface area contributed by atoms with E-state index in [0.717, 1.165) is 25.9 Å². The second-order valence-corrected chi connectivity index (χ2v) is 10.4. The maximum Gasteiger partial charge on any atom is 0.243 e. The zero-order valence-electron chi connectivity index (χ0n) is 17.7. The average molecular weight is 450 g/mol. The normalized spacial score (nSPS) is 16.2. The smallest absolute Gasteiger partial charge is 0.243 e. The molecule has 1 aliphatic rings. The summed E-state index contributed by atoms with van der Waals surface area (Å²) in [4.78, 5) is 16.6. The molecule has 1 fully saturated rings. The molecule has 1 atom stereocenters. The number of ketones is 1. The summed E-state index contributed by atoms with van der Waals surface area (Å²) in [7, 11) is -3.52. The Morgan fingerprint density at radius 3 is 2.53 bits per heavy atom. The Morgan fingerprint density at radius 2 is 1.90 bits per heavy atom. The lowest BCUT2D eigenvalue weighted by atomic mass is 10.1. The van der Waals surface area contributed by atoms with E-state index in [4.69, 9.17) is 0 Å². The van der Waals surface area contributed by atoms with Crippen LogP contribution >= 0.6 is 11.3 Å². The first-order chi connectivity index (χ1) is 14.5. The van der Waals surface area contributed by atoms with Crippen molar-refractivity contribution in [1.82, 2.24) is 14.5 Å². The van der Waals surface area contributed by atoms with E-state index in [2.05, 4.69) is 35.5 Å². The summed E-state index contributed by atoms with van der Waals surface area (Å²) in [6.45, 7) is 8.10. The lowest BCUT2D eigenvalue weighted by molar-refractivity contribution is 0.0987. The van der Waals surface area contributed by atoms with Crippen LogP contribution in [-0.4, -0.2) is 62.7 Å². The third kappa shape index (κ3) is 5.36. The molecule has 2 aromatic rings. The van der Waals surface area contributed by atoms with Crippen molar-refractivity contribution < 1.29 is 13.2 Å². The summed E-state index contributed by atoms with van der Waals surface area (Å²) in [5, 5.41) is 5.36. The van der Waals surface area contributed by atoms with Gasteiger partial charge in [-0.3, -0.25) is 9.69 Å². The van der Waals surface area contributed by atoms with Crippen LogP contribution in [-0.2, 0) is 10.0 Å². The number of rotatable bonds is 11. The molecular formula is C22H31N3O3S2. The molecule has 0 radical (unpaired) electrons. The standard InChI is InChI=1S/C22H31N3O3S2/c1-3-24(4-2)20(22-11-8-14-29-22)16-23-17-21(26)18-9-7-10-19(15-18)30(27,28)25-12-5-6-13-25/h7-11,14-15,20,23H,3-6,12-13,16-17H2,1-2H3. The first kappa shape index (κ1) is 23.1. The fraction of sp³-hybridized carbons (Fsp3) is 0.500. The van der Waals surface area contributed by atoms with Gasteiger partial charge in [-0.1, -0.05) is 32.0 Å². The zero-order chi connectivity index (χ0) is 21.6. The highest BCUT2D eigenvalue weighted by Crippen LogP contribution is 2.24. The summed E-state index contributed by atoms with van der Waals surface area (Å²) < 4.78 is 27.1. The van der Waals surface area contributed by atoms with Gasteiger partial charge in [0.05, 0.1) is 17.5 Å². The van der Waals surface area contributed by atoms with Crippen LogP contribution in [0.1, 0.15) is 48.0 Å². The average Bonchev–Trinajstić information content (AvgIpc) is 3.48. The molecule has 30 heavy (non-hydrogen) atoms. The van der Waals surface area contributed by atoms with Crippen LogP contribution in [0.5, 0.6) is 0 Å². The lowest BCUT2D eigenvalue weighted by Crippen LogP contribution is -2.37. The van der Waals surface area contributed by atoms with Crippen LogP contribution in [0.2, 0.25) is 0 Å². The van der Waals surface area contributed by atoms with Crippen LogP contribution in [0.3, 0.4) is 0 Å². The minimum absolute atomic E-state index is 0.0991. The number of Topliss-reactive ketones (excluding diaryl/α,β-unsaturated/α-hetero) is 1. The molecule has 1 aromatic heterocycles. The van der Waals surface area contributed by atoms with Gasteiger partial charge in [0.25, 0.3) is 0 Å². The summed E-state index contributed by atoms with van der Waals surface area (Å²) >= 11 is 1.72. The molecule has 8 heteroatoms. The van der Waals surface area contributed by atoms with Crippen molar-refractivity contribution in [2.24, 2.45) is 0 Å². The molecule has 0 saturated carbocycles. The molecule has 1 aromatic carbocycles. The Labute approximate surface area is 183 Å². The summed E-state index contributed by atoms with van der Waals surface area (Å²) in [5.74, 6) is -0.0991. The Morgan fingerprint density at radius 1 is 1.17 bits per heavy atom. The number of thiophene rings is 1. The lowest BCUT2D eigenvalue weighted by Gasteiger charge is -2.29. The first-order valence-electron chi connectivity index (χ1n) is 10.6. The van der Waals surface area contributed by atoms with E-state index < -0.39 is 10.0 Å². The van der Waals surface area contributed by atoms with Gasteiger partial charge in [-0.05, 0) is 49.5 Å². The van der Waals surface area contributed by atoms with Crippen LogP contribution in [0.4, 0.5) is 0 Å². The molecule has 1 unspecified atom stereocenters. The van der Waals surface area contributed by atoms with E-state index in [9.17, 15) is 13.2 Å². The maximum atomic E-state index is 12.8. The number of hydrogen-bond acceptors (Lipinski definition) is 6. The van der Waals surface area contributed by atoms with E-state index in [1.165, 1.54) is 15.2 Å². The molecule has 3 rings (SSSR count). The van der Waals surface area contributed by atoms with Crippen LogP contribution in [0, 0.1) is 0 Å². The quantitative estimate of drug-likeness (QED) is 0.533. The molecule has 2 heterocycles. The molecule has 6 nitrogen and oxygen atoms in total. The molecule has 1 aliphatic heterocycles. The van der Waals surface area contributed by atoms with Crippen molar-refractivity contribution in [3.63, 3.8) is 0 Å². The van der Waals surface area contributed by atoms with Gasteiger partial charge in [-0.25, -0.2) is 8.42 Å². The highest BCUT2D eigenvalue weighted by Gasteiger charge is 2.27. The van der Waals surface area contributed by atoms with Gasteiger partial charge in [-0.15, -0.1) is 11.3 Å². The van der Waals surface area contributed by atoms with Crippen LogP contribution < -0.4 is 5.32 Å². The van der Waals surface area contributed by atoms with Crippen molar-refractivity contribution in [2.75, 3.05) is 39.3 Å². The first-order valence-corrected chi connectivity index (χ1v) is 12.9. The van der Waals surface area contributed by atoms with E-state index in [1.54, 1.807) is 29.5 Å². The highest BCUT2D eigenvalue weighted by molar-refractivity contribution is 7.89. The zero-order valence-corrected chi connectivity index (χ0v) is 19.3. The number of hydrogen-bond donors (Lipinski definition) is 1. The van der Waals surface area contributed by atoms with E-state index >= 15 is 0 Å². The van der Waals surface area contributed by atoms with E-state index in [-0.39, 0.29) is 23.3 Å². The third-order valence-electron chi connectivity index (χ3n) is 5.61. The number of sulfonamides is 1. The predicted molar refractivity (Wildman–Crippen MR) is 122 cm³/mol. The van der Waals surface area contributed by atoms with E-state index in [1.807, 2.05) is 6.07 Å². The summed E-state index contributed by atoms with van der Waals surface area (Å²) in [6.07, 6.45) is 1.78. The van der Waals surface area contributed by atoms with Gasteiger partial charge >= 0.3 is 0 Å². The van der Waals surface area contributed by atoms with Gasteiger partial charge in [-0.2, -0.15) is 4.31 Å². The second kappa shape index (κ2) is 10.6. The topological polar surface area (TPSA) is 69.7 Å². The Bertz CT molecular complexity index is 919. The van der Waals surface area contributed by atoms with Crippen molar-refractivity contribution in [3.05, 3.63) is 52.2 Å². The van der Waals surface area contributed by atoms with Gasteiger partial charge < -0.3 is 5.32 Å². The molecule has 1 saturated heterocycles. The monoisotopic (exact) mass is 449 g/mol. The van der Waals surface area contributed by atoms with Gasteiger partial charge in [0.2, 0.25) is 10.0 Å². The molecule has 0 amide bonds. The minimum atomic E-state index is -3.52. The Balaban J connectivity index is 1.64. The molecule has 1 N–H and O–H groups in total. The highest BCUT2D eigenvalue weighted by atomic mass is 32.2. The molecular weight excluding hydrogens is 418 g/mol. The van der Waals surface area contributed by atoms with Gasteiger partial charge in [0, 0.05) is 30.1 Å². The van der Waals surface area contributed by atoms with Crippen molar-refractivity contribution >= 4 is 27.1 Å². The molecule has 0 aliphatic carbocycles. The Hall–Kier alpha value is -1.58. The number of nitrogens with zero attached hydrogens (tertiary/aromatic N) is 2. The Kier molecular flexibility index (Phi) is 8.19. The number of benzene rings is 1. The maximum absolute atomic E-state index is 12.8. The third-order valence-corrected chi connectivity index (χ3v) is 8.47. The fourth-order valence-corrected chi connectivity index (χ4v) is 6.31. The molecule has 0 bridgehead atoms. The number of carbonyl (C=O) groups is 1. The predicted octanol–water partition coefficient (Wildman–Crippen LogP) is 3.39. The van der Waals surface area contributed by atoms with E-state index in [0.29, 0.717) is 25.2 Å². The number of nitrogens with one attached hydrogen (secondary N) is 1. The molecule has 0 spiro atoms. The van der Waals surface area contributed by atoms with Crippen LogP contribution in [0.25, 0.3) is 0 Å². The van der Waals surface area contributed by atoms with Crippen molar-refractivity contribution in [1.29, 1.82) is 0 Å².